The lowest BCUT2D eigenvalue weighted by Gasteiger charge is -2.24. The Balaban J connectivity index is 2.09. The van der Waals surface area contributed by atoms with Gasteiger partial charge in [-0.15, -0.1) is 0 Å². The van der Waals surface area contributed by atoms with Crippen molar-refractivity contribution in [2.75, 3.05) is 14.2 Å². The molecular formula is C19H24O5Si. The largest absolute Gasteiger partial charge is 0.464 e. The van der Waals surface area contributed by atoms with Gasteiger partial charge in [-0.1, -0.05) is 42.5 Å². The molecule has 0 bridgehead atoms. The number of hydrogen-bond donors (Lipinski definition) is 1. The zero-order chi connectivity index (χ0) is 18.3. The molecule has 0 amide bonds. The highest BCUT2D eigenvalue weighted by Gasteiger charge is 2.30. The molecule has 2 aromatic carbocycles. The standard InChI is InChI=1S/C19H24O5Si/c1-22-25(3,23-2)14-13-18(20)24-17-12-8-7-11-16(17)19(21)15-9-5-4-6-10-15/h4-12,18,20H,13-14H2,1-3H3. The highest BCUT2D eigenvalue weighted by Crippen LogP contribution is 2.24. The molecule has 0 aliphatic heterocycles. The second kappa shape index (κ2) is 8.91. The first kappa shape index (κ1) is 19.3. The molecular weight excluding hydrogens is 336 g/mol. The third kappa shape index (κ3) is 5.24. The molecule has 0 aliphatic rings. The third-order valence-corrected chi connectivity index (χ3v) is 7.06. The van der Waals surface area contributed by atoms with Crippen molar-refractivity contribution in [3.05, 3.63) is 65.7 Å². The van der Waals surface area contributed by atoms with E-state index >= 15 is 0 Å². The number of ketones is 1. The fraction of sp³-hybridized carbons (Fsp3) is 0.316. The summed E-state index contributed by atoms with van der Waals surface area (Å²) in [5.41, 5.74) is 0.998. The summed E-state index contributed by atoms with van der Waals surface area (Å²) in [6, 6.07) is 16.5. The zero-order valence-corrected chi connectivity index (χ0v) is 15.8. The van der Waals surface area contributed by atoms with Gasteiger partial charge in [0.25, 0.3) is 0 Å². The van der Waals surface area contributed by atoms with Crippen LogP contribution in [0.15, 0.2) is 54.6 Å². The maximum Gasteiger partial charge on any atom is 0.334 e. The summed E-state index contributed by atoms with van der Waals surface area (Å²) >= 11 is 0. The molecule has 0 radical (unpaired) electrons. The van der Waals surface area contributed by atoms with E-state index in [1.54, 1.807) is 50.6 Å². The van der Waals surface area contributed by atoms with Crippen LogP contribution in [0.25, 0.3) is 0 Å². The molecule has 0 spiro atoms. The SMILES string of the molecule is CO[Si](C)(CCC(O)Oc1ccccc1C(=O)c1ccccc1)OC. The molecule has 25 heavy (non-hydrogen) atoms. The predicted octanol–water partition coefficient (Wildman–Crippen LogP) is 3.37. The first-order valence-electron chi connectivity index (χ1n) is 8.13. The normalized spacial score (nSPS) is 12.6. The van der Waals surface area contributed by atoms with Crippen molar-refractivity contribution >= 4 is 14.3 Å². The lowest BCUT2D eigenvalue weighted by molar-refractivity contribution is -0.0212. The number of carbonyl (C=O) groups excluding carboxylic acids is 1. The molecule has 134 valence electrons. The van der Waals surface area contributed by atoms with Crippen molar-refractivity contribution in [1.29, 1.82) is 0 Å². The van der Waals surface area contributed by atoms with Crippen molar-refractivity contribution in [3.8, 4) is 5.75 Å². The topological polar surface area (TPSA) is 65.0 Å². The highest BCUT2D eigenvalue weighted by atomic mass is 28.4. The van der Waals surface area contributed by atoms with Gasteiger partial charge in [-0.05, 0) is 24.7 Å². The summed E-state index contributed by atoms with van der Waals surface area (Å²) in [6.45, 7) is 1.92. The number of benzene rings is 2. The molecule has 0 fully saturated rings. The van der Waals surface area contributed by atoms with Crippen LogP contribution in [-0.2, 0) is 8.85 Å². The Morgan fingerprint density at radius 2 is 1.64 bits per heavy atom. The molecule has 2 rings (SSSR count). The molecule has 1 unspecified atom stereocenters. The molecule has 5 nitrogen and oxygen atoms in total. The van der Waals surface area contributed by atoms with Crippen LogP contribution in [0.5, 0.6) is 5.75 Å². The monoisotopic (exact) mass is 360 g/mol. The maximum absolute atomic E-state index is 12.7. The average molecular weight is 360 g/mol. The van der Waals surface area contributed by atoms with Crippen LogP contribution in [0.4, 0.5) is 0 Å². The summed E-state index contributed by atoms with van der Waals surface area (Å²) < 4.78 is 16.4. The summed E-state index contributed by atoms with van der Waals surface area (Å²) in [7, 11) is 0.944. The van der Waals surface area contributed by atoms with Crippen molar-refractivity contribution in [1.82, 2.24) is 0 Å². The molecule has 1 atom stereocenters. The van der Waals surface area contributed by atoms with Gasteiger partial charge in [-0.3, -0.25) is 4.79 Å². The van der Waals surface area contributed by atoms with Gasteiger partial charge >= 0.3 is 8.56 Å². The van der Waals surface area contributed by atoms with Crippen LogP contribution < -0.4 is 4.74 Å². The second-order valence-corrected chi connectivity index (χ2v) is 9.43. The van der Waals surface area contributed by atoms with Crippen LogP contribution in [0, 0.1) is 0 Å². The summed E-state index contributed by atoms with van der Waals surface area (Å²) in [6.07, 6.45) is -0.681. The van der Waals surface area contributed by atoms with Gasteiger partial charge in [-0.25, -0.2) is 0 Å². The van der Waals surface area contributed by atoms with E-state index in [9.17, 15) is 9.90 Å². The van der Waals surface area contributed by atoms with Gasteiger partial charge in [0.15, 0.2) is 12.1 Å². The quantitative estimate of drug-likeness (QED) is 0.422. The van der Waals surface area contributed by atoms with E-state index in [1.165, 1.54) is 0 Å². The fourth-order valence-corrected chi connectivity index (χ4v) is 3.73. The first-order chi connectivity index (χ1) is 12.0. The number of hydrogen-bond acceptors (Lipinski definition) is 5. The Bertz CT molecular complexity index is 685. The minimum Gasteiger partial charge on any atom is -0.464 e. The van der Waals surface area contributed by atoms with Crippen molar-refractivity contribution in [3.63, 3.8) is 0 Å². The Hall–Kier alpha value is -1.99. The minimum absolute atomic E-state index is 0.142. The number of ether oxygens (including phenoxy) is 1. The predicted molar refractivity (Wildman–Crippen MR) is 98.0 cm³/mol. The van der Waals surface area contributed by atoms with Gasteiger partial charge in [0, 0.05) is 26.2 Å². The molecule has 1 N–H and O–H groups in total. The lowest BCUT2D eigenvalue weighted by Crippen LogP contribution is -2.37. The Kier molecular flexibility index (Phi) is 6.89. The van der Waals surface area contributed by atoms with Gasteiger partial charge < -0.3 is 18.7 Å². The number of aliphatic hydroxyl groups excluding tert-OH is 1. The van der Waals surface area contributed by atoms with Crippen molar-refractivity contribution in [2.24, 2.45) is 0 Å². The first-order valence-corrected chi connectivity index (χ1v) is 10.7. The average Bonchev–Trinajstić information content (AvgIpc) is 2.66. The minimum atomic E-state index is -2.27. The van der Waals surface area contributed by atoms with Gasteiger partial charge in [0.05, 0.1) is 5.56 Å². The smallest absolute Gasteiger partial charge is 0.334 e. The van der Waals surface area contributed by atoms with Crippen LogP contribution >= 0.6 is 0 Å². The Morgan fingerprint density at radius 3 is 2.28 bits per heavy atom. The van der Waals surface area contributed by atoms with E-state index in [4.69, 9.17) is 13.6 Å². The second-order valence-electron chi connectivity index (χ2n) is 5.84. The molecule has 0 heterocycles. The van der Waals surface area contributed by atoms with E-state index in [0.717, 1.165) is 0 Å². The number of aliphatic hydroxyl groups is 1. The Labute approximate surface area is 149 Å². The molecule has 0 aliphatic carbocycles. The highest BCUT2D eigenvalue weighted by molar-refractivity contribution is 6.65. The van der Waals surface area contributed by atoms with Crippen LogP contribution in [0.1, 0.15) is 22.3 Å². The van der Waals surface area contributed by atoms with Crippen LogP contribution in [0.3, 0.4) is 0 Å². The van der Waals surface area contributed by atoms with E-state index < -0.39 is 14.9 Å². The number of para-hydroxylation sites is 1. The molecule has 2 aromatic rings. The van der Waals surface area contributed by atoms with Gasteiger partial charge in [0.2, 0.25) is 0 Å². The summed E-state index contributed by atoms with van der Waals surface area (Å²) in [4.78, 5) is 12.7. The summed E-state index contributed by atoms with van der Waals surface area (Å²) in [5.74, 6) is 0.221. The van der Waals surface area contributed by atoms with E-state index in [0.29, 0.717) is 29.3 Å². The zero-order valence-electron chi connectivity index (χ0n) is 14.8. The lowest BCUT2D eigenvalue weighted by atomic mass is 10.0. The van der Waals surface area contributed by atoms with E-state index in [2.05, 4.69) is 0 Å². The van der Waals surface area contributed by atoms with Crippen LogP contribution in [-0.4, -0.2) is 40.0 Å². The fourth-order valence-electron chi connectivity index (χ4n) is 2.38. The van der Waals surface area contributed by atoms with Crippen LogP contribution in [0.2, 0.25) is 12.6 Å². The maximum atomic E-state index is 12.7. The third-order valence-electron chi connectivity index (χ3n) is 4.14. The summed E-state index contributed by atoms with van der Waals surface area (Å²) in [5, 5.41) is 10.2. The van der Waals surface area contributed by atoms with Crippen molar-refractivity contribution in [2.45, 2.75) is 25.3 Å². The Morgan fingerprint density at radius 1 is 1.04 bits per heavy atom. The van der Waals surface area contributed by atoms with E-state index in [1.807, 2.05) is 24.7 Å². The van der Waals surface area contributed by atoms with Crippen molar-refractivity contribution < 1.29 is 23.5 Å². The molecule has 0 saturated heterocycles. The number of carbonyl (C=O) groups is 1. The molecule has 0 aromatic heterocycles. The molecule has 6 heteroatoms. The number of rotatable bonds is 9. The van der Waals surface area contributed by atoms with Gasteiger partial charge in [-0.2, -0.15) is 0 Å². The molecule has 0 saturated carbocycles. The van der Waals surface area contributed by atoms with E-state index in [-0.39, 0.29) is 5.78 Å². The van der Waals surface area contributed by atoms with Gasteiger partial charge in [0.1, 0.15) is 5.75 Å².